The van der Waals surface area contributed by atoms with Gasteiger partial charge in [-0.1, -0.05) is 0 Å². The lowest BCUT2D eigenvalue weighted by Gasteiger charge is -1.99. The van der Waals surface area contributed by atoms with Gasteiger partial charge in [0.15, 0.2) is 0 Å². The van der Waals surface area contributed by atoms with Crippen LogP contribution in [0.3, 0.4) is 0 Å². The minimum absolute atomic E-state index is 0.146. The fourth-order valence-electron chi connectivity index (χ4n) is 0.434. The highest BCUT2D eigenvalue weighted by Crippen LogP contribution is 2.07. The first-order chi connectivity index (χ1) is 5.45. The molecule has 12 heavy (non-hydrogen) atoms. The fraction of sp³-hybridized carbons (Fsp3) is 0.833. The molecule has 0 radical (unpaired) electrons. The van der Waals surface area contributed by atoms with Crippen LogP contribution >= 0.6 is 23.4 Å². The molecule has 0 saturated heterocycles. The third-order valence-corrected chi connectivity index (χ3v) is 3.70. The fourth-order valence-corrected chi connectivity index (χ4v) is 2.83. The Bertz CT molecular complexity index is 257. The summed E-state index contributed by atoms with van der Waals surface area (Å²) in [4.78, 5) is 0. The predicted octanol–water partition coefficient (Wildman–Crippen LogP) is 0.895. The van der Waals surface area contributed by atoms with Crippen LogP contribution in [0.2, 0.25) is 0 Å². The molecule has 0 rings (SSSR count). The lowest BCUT2D eigenvalue weighted by Crippen LogP contribution is -2.07. The lowest BCUT2D eigenvalue weighted by atomic mass is 10.5. The van der Waals surface area contributed by atoms with Crippen molar-refractivity contribution in [3.05, 3.63) is 0 Å². The Hall–Kier alpha value is 0.0800. The molecule has 0 spiro atoms. The maximum atomic E-state index is 10.6. The summed E-state index contributed by atoms with van der Waals surface area (Å²) >= 11 is 6.86. The number of sulfone groups is 1. The minimum Gasteiger partial charge on any atom is -0.229 e. The third kappa shape index (κ3) is 8.18. The second kappa shape index (κ2) is 5.68. The molecule has 0 N–H and O–H groups in total. The number of hydrogen-bond acceptors (Lipinski definition) is 4. The number of thioether (sulfide) groups is 1. The van der Waals surface area contributed by atoms with E-state index in [1.807, 2.05) is 6.07 Å². The van der Waals surface area contributed by atoms with E-state index in [2.05, 4.69) is 0 Å². The van der Waals surface area contributed by atoms with Gasteiger partial charge >= 0.3 is 0 Å². The molecule has 0 bridgehead atoms. The molecular weight excluding hydrogens is 218 g/mol. The summed E-state index contributed by atoms with van der Waals surface area (Å²) in [5.74, 6) is 1.13. The summed E-state index contributed by atoms with van der Waals surface area (Å²) < 4.78 is 21.3. The van der Waals surface area contributed by atoms with Gasteiger partial charge in [-0.2, -0.15) is 17.0 Å². The average molecular weight is 228 g/mol. The van der Waals surface area contributed by atoms with Crippen molar-refractivity contribution in [3.8, 4) is 6.07 Å². The zero-order valence-electron chi connectivity index (χ0n) is 6.66. The summed E-state index contributed by atoms with van der Waals surface area (Å²) in [5, 5.41) is 7.76. The molecule has 6 heteroatoms. The Balaban J connectivity index is 3.42. The van der Waals surface area contributed by atoms with Crippen LogP contribution < -0.4 is 0 Å². The highest BCUT2D eigenvalue weighted by atomic mass is 35.5. The van der Waals surface area contributed by atoms with Crippen LogP contribution in [0.4, 0.5) is 0 Å². The van der Waals surface area contributed by atoms with Crippen molar-refractivity contribution in [2.24, 2.45) is 0 Å². The molecule has 1 unspecified atom stereocenters. The molecule has 0 aliphatic heterocycles. The van der Waals surface area contributed by atoms with E-state index >= 15 is 0 Å². The molecular formula is C6H10ClNO2S2. The van der Waals surface area contributed by atoms with Crippen molar-refractivity contribution >= 4 is 33.2 Å². The Morgan fingerprint density at radius 2 is 2.25 bits per heavy atom. The predicted molar refractivity (Wildman–Crippen MR) is 52.3 cm³/mol. The third-order valence-electron chi connectivity index (χ3n) is 1.00. The van der Waals surface area contributed by atoms with Crippen molar-refractivity contribution in [2.75, 3.05) is 23.5 Å². The van der Waals surface area contributed by atoms with Gasteiger partial charge in [0.2, 0.25) is 0 Å². The van der Waals surface area contributed by atoms with Crippen molar-refractivity contribution in [1.82, 2.24) is 0 Å². The van der Waals surface area contributed by atoms with Crippen LogP contribution in [-0.4, -0.2) is 37.3 Å². The maximum Gasteiger partial charge on any atom is 0.148 e. The van der Waals surface area contributed by atoms with Crippen LogP contribution in [0.25, 0.3) is 0 Å². The van der Waals surface area contributed by atoms with E-state index < -0.39 is 15.2 Å². The summed E-state index contributed by atoms with van der Waals surface area (Å²) in [6.45, 7) is 0. The molecule has 0 amide bonds. The number of halogens is 1. The Kier molecular flexibility index (Phi) is 5.72. The minimum atomic E-state index is -2.88. The first kappa shape index (κ1) is 12.1. The van der Waals surface area contributed by atoms with E-state index in [4.69, 9.17) is 16.9 Å². The van der Waals surface area contributed by atoms with Gasteiger partial charge in [0, 0.05) is 17.8 Å². The zero-order chi connectivity index (χ0) is 9.61. The summed E-state index contributed by atoms with van der Waals surface area (Å²) in [7, 11) is -2.88. The molecule has 1 atom stereocenters. The van der Waals surface area contributed by atoms with Gasteiger partial charge < -0.3 is 0 Å². The van der Waals surface area contributed by atoms with E-state index in [9.17, 15) is 8.42 Å². The van der Waals surface area contributed by atoms with Crippen LogP contribution in [0.5, 0.6) is 0 Å². The van der Waals surface area contributed by atoms with Crippen LogP contribution in [0.1, 0.15) is 0 Å². The molecule has 0 aromatic rings. The van der Waals surface area contributed by atoms with E-state index in [-0.39, 0.29) is 5.75 Å². The first-order valence-corrected chi connectivity index (χ1v) is 6.90. The Labute approximate surface area is 82.0 Å². The molecule has 70 valence electrons. The first-order valence-electron chi connectivity index (χ1n) is 3.25. The smallest absolute Gasteiger partial charge is 0.148 e. The Morgan fingerprint density at radius 1 is 1.67 bits per heavy atom. The molecule has 0 aromatic carbocycles. The van der Waals surface area contributed by atoms with Crippen molar-refractivity contribution in [1.29, 1.82) is 5.26 Å². The molecule has 0 aliphatic rings. The Morgan fingerprint density at radius 3 is 2.67 bits per heavy atom. The zero-order valence-corrected chi connectivity index (χ0v) is 9.05. The maximum absolute atomic E-state index is 10.6. The largest absolute Gasteiger partial charge is 0.229 e. The number of nitriles is 1. The van der Waals surface area contributed by atoms with E-state index in [1.54, 1.807) is 0 Å². The molecule has 0 aliphatic carbocycles. The SMILES string of the molecule is CS(=O)(=O)CCSCC(Cl)C#N. The number of nitrogens with zero attached hydrogens (tertiary/aromatic N) is 1. The van der Waals surface area contributed by atoms with E-state index in [0.717, 1.165) is 0 Å². The molecule has 3 nitrogen and oxygen atoms in total. The summed E-state index contributed by atoms with van der Waals surface area (Å²) in [6, 6.07) is 1.86. The average Bonchev–Trinajstić information content (AvgIpc) is 1.96. The molecule has 0 fully saturated rings. The second-order valence-electron chi connectivity index (χ2n) is 2.30. The second-order valence-corrected chi connectivity index (χ2v) is 6.24. The topological polar surface area (TPSA) is 57.9 Å². The lowest BCUT2D eigenvalue weighted by molar-refractivity contribution is 0.603. The monoisotopic (exact) mass is 227 g/mol. The van der Waals surface area contributed by atoms with Crippen molar-refractivity contribution in [2.45, 2.75) is 5.38 Å². The summed E-state index contributed by atoms with van der Waals surface area (Å²) in [6.07, 6.45) is 1.19. The van der Waals surface area contributed by atoms with Gasteiger partial charge in [0.1, 0.15) is 15.2 Å². The van der Waals surface area contributed by atoms with Gasteiger partial charge in [-0.15, -0.1) is 11.6 Å². The quantitative estimate of drug-likeness (QED) is 0.517. The highest BCUT2D eigenvalue weighted by molar-refractivity contribution is 8.00. The van der Waals surface area contributed by atoms with Gasteiger partial charge in [-0.25, -0.2) is 8.42 Å². The number of alkyl halides is 1. The van der Waals surface area contributed by atoms with E-state index in [0.29, 0.717) is 11.5 Å². The molecule has 0 aromatic heterocycles. The van der Waals surface area contributed by atoms with Gasteiger partial charge in [0.25, 0.3) is 0 Å². The van der Waals surface area contributed by atoms with E-state index in [1.165, 1.54) is 18.0 Å². The molecule has 0 heterocycles. The molecule has 0 saturated carbocycles. The standard InChI is InChI=1S/C6H10ClNO2S2/c1-12(9,10)3-2-11-5-6(7)4-8/h6H,2-3,5H2,1H3. The van der Waals surface area contributed by atoms with Crippen molar-refractivity contribution in [3.63, 3.8) is 0 Å². The number of rotatable bonds is 5. The van der Waals surface area contributed by atoms with Crippen LogP contribution in [-0.2, 0) is 9.84 Å². The summed E-state index contributed by atoms with van der Waals surface area (Å²) in [5.41, 5.74) is 0. The van der Waals surface area contributed by atoms with Crippen LogP contribution in [0, 0.1) is 11.3 Å². The van der Waals surface area contributed by atoms with Gasteiger partial charge in [0.05, 0.1) is 11.8 Å². The van der Waals surface area contributed by atoms with Crippen LogP contribution in [0.15, 0.2) is 0 Å². The van der Waals surface area contributed by atoms with Crippen molar-refractivity contribution < 1.29 is 8.42 Å². The highest BCUT2D eigenvalue weighted by Gasteiger charge is 2.04. The number of hydrogen-bond donors (Lipinski definition) is 0. The van der Waals surface area contributed by atoms with Gasteiger partial charge in [-0.05, 0) is 0 Å². The normalized spacial score (nSPS) is 13.8. The van der Waals surface area contributed by atoms with Gasteiger partial charge in [-0.3, -0.25) is 0 Å².